The molecule has 1 aliphatic heterocycles. The second-order valence-electron chi connectivity index (χ2n) is 4.59. The summed E-state index contributed by atoms with van der Waals surface area (Å²) in [6, 6.07) is 6.79. The molecule has 1 unspecified atom stereocenters. The summed E-state index contributed by atoms with van der Waals surface area (Å²) in [7, 11) is 0. The quantitative estimate of drug-likeness (QED) is 0.484. The largest absolute Gasteiger partial charge is 0.390 e. The molecule has 1 aromatic carbocycles. The SMILES string of the molecule is O=NN(CC(O)CCl)c1ccc(N2CCOCC2=O)cc1. The Kier molecular flexibility index (Phi) is 5.49. The van der Waals surface area contributed by atoms with Gasteiger partial charge in [0.15, 0.2) is 0 Å². The van der Waals surface area contributed by atoms with E-state index < -0.39 is 6.10 Å². The zero-order chi connectivity index (χ0) is 15.2. The number of rotatable bonds is 6. The van der Waals surface area contributed by atoms with Gasteiger partial charge in [0, 0.05) is 12.2 Å². The number of aliphatic hydroxyl groups is 1. The zero-order valence-corrected chi connectivity index (χ0v) is 12.1. The molecular weight excluding hydrogens is 298 g/mol. The van der Waals surface area contributed by atoms with E-state index >= 15 is 0 Å². The van der Waals surface area contributed by atoms with Crippen LogP contribution in [0, 0.1) is 4.91 Å². The first-order valence-corrected chi connectivity index (χ1v) is 7.02. The maximum atomic E-state index is 11.7. The molecule has 0 bridgehead atoms. The number of ether oxygens (including phenoxy) is 1. The maximum Gasteiger partial charge on any atom is 0.253 e. The summed E-state index contributed by atoms with van der Waals surface area (Å²) < 4.78 is 5.07. The first-order chi connectivity index (χ1) is 10.2. The molecule has 1 fully saturated rings. The Morgan fingerprint density at radius 1 is 1.43 bits per heavy atom. The number of amides is 1. The highest BCUT2D eigenvalue weighted by Crippen LogP contribution is 2.22. The number of alkyl halides is 1. The minimum Gasteiger partial charge on any atom is -0.390 e. The van der Waals surface area contributed by atoms with Crippen molar-refractivity contribution in [2.75, 3.05) is 42.1 Å². The van der Waals surface area contributed by atoms with Crippen molar-refractivity contribution in [2.45, 2.75) is 6.10 Å². The van der Waals surface area contributed by atoms with E-state index in [4.69, 9.17) is 16.3 Å². The molecule has 1 N–H and O–H groups in total. The van der Waals surface area contributed by atoms with Crippen LogP contribution in [-0.4, -0.2) is 49.3 Å². The van der Waals surface area contributed by atoms with Crippen LogP contribution in [-0.2, 0) is 9.53 Å². The lowest BCUT2D eigenvalue weighted by atomic mass is 10.2. The summed E-state index contributed by atoms with van der Waals surface area (Å²) in [6.07, 6.45) is -0.843. The number of nitroso groups, excluding NO2 is 1. The Bertz CT molecular complexity index is 497. The first-order valence-electron chi connectivity index (χ1n) is 6.48. The molecule has 1 heterocycles. The van der Waals surface area contributed by atoms with Gasteiger partial charge in [0.1, 0.15) is 6.61 Å². The number of carbonyl (C=O) groups excluding carboxylic acids is 1. The van der Waals surface area contributed by atoms with Gasteiger partial charge in [-0.05, 0) is 24.3 Å². The molecule has 1 aliphatic rings. The van der Waals surface area contributed by atoms with E-state index in [1.54, 1.807) is 29.2 Å². The monoisotopic (exact) mass is 313 g/mol. The molecule has 2 rings (SSSR count). The standard InChI is InChI=1S/C13H16ClN3O4/c14-7-12(18)8-17(15-20)11-3-1-10(2-4-11)16-5-6-21-9-13(16)19/h1-4,12,18H,5-9H2. The topological polar surface area (TPSA) is 82.4 Å². The van der Waals surface area contributed by atoms with Crippen molar-refractivity contribution in [3.63, 3.8) is 0 Å². The number of hydrogen-bond donors (Lipinski definition) is 1. The molecule has 1 atom stereocenters. The van der Waals surface area contributed by atoms with E-state index in [9.17, 15) is 14.8 Å². The Balaban J connectivity index is 2.10. The van der Waals surface area contributed by atoms with E-state index in [-0.39, 0.29) is 24.9 Å². The summed E-state index contributed by atoms with van der Waals surface area (Å²) in [6.45, 7) is 1.09. The average molecular weight is 314 g/mol. The number of carbonyl (C=O) groups is 1. The van der Waals surface area contributed by atoms with Crippen LogP contribution >= 0.6 is 11.6 Å². The highest BCUT2D eigenvalue weighted by atomic mass is 35.5. The van der Waals surface area contributed by atoms with Gasteiger partial charge < -0.3 is 14.7 Å². The Morgan fingerprint density at radius 2 is 2.14 bits per heavy atom. The van der Waals surface area contributed by atoms with E-state index in [0.29, 0.717) is 18.8 Å². The van der Waals surface area contributed by atoms with Crippen molar-refractivity contribution in [1.29, 1.82) is 0 Å². The van der Waals surface area contributed by atoms with Crippen LogP contribution in [0.3, 0.4) is 0 Å². The summed E-state index contributed by atoms with van der Waals surface area (Å²) in [4.78, 5) is 24.2. The number of hydrogen-bond acceptors (Lipinski definition) is 5. The van der Waals surface area contributed by atoms with Crippen LogP contribution < -0.4 is 9.91 Å². The number of aliphatic hydroxyl groups excluding tert-OH is 1. The molecule has 7 nitrogen and oxygen atoms in total. The molecule has 1 saturated heterocycles. The van der Waals surface area contributed by atoms with Gasteiger partial charge in [-0.25, -0.2) is 5.01 Å². The average Bonchev–Trinajstić information content (AvgIpc) is 2.53. The lowest BCUT2D eigenvalue weighted by molar-refractivity contribution is -0.125. The number of nitrogens with zero attached hydrogens (tertiary/aromatic N) is 3. The zero-order valence-electron chi connectivity index (χ0n) is 11.3. The molecule has 0 aliphatic carbocycles. The molecule has 21 heavy (non-hydrogen) atoms. The second-order valence-corrected chi connectivity index (χ2v) is 4.89. The van der Waals surface area contributed by atoms with Gasteiger partial charge in [-0.3, -0.25) is 4.79 Å². The molecule has 8 heteroatoms. The van der Waals surface area contributed by atoms with Gasteiger partial charge in [0.2, 0.25) is 0 Å². The van der Waals surface area contributed by atoms with Crippen molar-refractivity contribution in [3.8, 4) is 0 Å². The first kappa shape index (κ1) is 15.7. The third-order valence-electron chi connectivity index (χ3n) is 3.11. The predicted molar refractivity (Wildman–Crippen MR) is 79.5 cm³/mol. The summed E-state index contributed by atoms with van der Waals surface area (Å²) in [5, 5.41) is 13.5. The van der Waals surface area contributed by atoms with Gasteiger partial charge in [0.25, 0.3) is 5.91 Å². The van der Waals surface area contributed by atoms with Crippen LogP contribution in [0.2, 0.25) is 0 Å². The van der Waals surface area contributed by atoms with Crippen LogP contribution in [0.1, 0.15) is 0 Å². The lowest BCUT2D eigenvalue weighted by Crippen LogP contribution is -2.41. The molecule has 0 radical (unpaired) electrons. The van der Waals surface area contributed by atoms with Gasteiger partial charge in [-0.15, -0.1) is 16.5 Å². The Morgan fingerprint density at radius 3 is 2.71 bits per heavy atom. The van der Waals surface area contributed by atoms with Crippen LogP contribution in [0.4, 0.5) is 11.4 Å². The van der Waals surface area contributed by atoms with Gasteiger partial charge in [0.05, 0.1) is 36.1 Å². The number of benzene rings is 1. The van der Waals surface area contributed by atoms with Gasteiger partial charge in [-0.2, -0.15) is 0 Å². The predicted octanol–water partition coefficient (Wildman–Crippen LogP) is 1.14. The Hall–Kier alpha value is -1.70. The van der Waals surface area contributed by atoms with Crippen molar-refractivity contribution in [2.24, 2.45) is 5.29 Å². The fourth-order valence-corrected chi connectivity index (χ4v) is 2.13. The van der Waals surface area contributed by atoms with Crippen LogP contribution in [0.25, 0.3) is 0 Å². The molecule has 1 aromatic rings. The van der Waals surface area contributed by atoms with Gasteiger partial charge >= 0.3 is 0 Å². The number of halogens is 1. The van der Waals surface area contributed by atoms with E-state index in [2.05, 4.69) is 5.29 Å². The van der Waals surface area contributed by atoms with E-state index in [1.807, 2.05) is 0 Å². The minimum absolute atomic E-state index is 0.0167. The van der Waals surface area contributed by atoms with Crippen molar-refractivity contribution in [1.82, 2.24) is 0 Å². The molecule has 0 spiro atoms. The van der Waals surface area contributed by atoms with E-state index in [0.717, 1.165) is 10.7 Å². The molecule has 1 amide bonds. The Labute approximate surface area is 127 Å². The number of anilines is 2. The third-order valence-corrected chi connectivity index (χ3v) is 3.46. The third kappa shape index (κ3) is 3.90. The van der Waals surface area contributed by atoms with Crippen molar-refractivity contribution < 1.29 is 14.6 Å². The normalized spacial score (nSPS) is 16.7. The summed E-state index contributed by atoms with van der Waals surface area (Å²) in [5.41, 5.74) is 1.26. The van der Waals surface area contributed by atoms with Crippen LogP contribution in [0.15, 0.2) is 29.6 Å². The fraction of sp³-hybridized carbons (Fsp3) is 0.462. The fourth-order valence-electron chi connectivity index (χ4n) is 2.03. The summed E-state index contributed by atoms with van der Waals surface area (Å²) in [5.74, 6) is -0.0798. The number of morpholine rings is 1. The van der Waals surface area contributed by atoms with Crippen molar-refractivity contribution in [3.05, 3.63) is 29.2 Å². The second kappa shape index (κ2) is 7.35. The molecule has 0 aromatic heterocycles. The van der Waals surface area contributed by atoms with Crippen LogP contribution in [0.5, 0.6) is 0 Å². The van der Waals surface area contributed by atoms with Gasteiger partial charge in [-0.1, -0.05) is 0 Å². The van der Waals surface area contributed by atoms with Crippen molar-refractivity contribution >= 4 is 28.9 Å². The van der Waals surface area contributed by atoms with E-state index in [1.165, 1.54) is 0 Å². The maximum absolute atomic E-state index is 11.7. The smallest absolute Gasteiger partial charge is 0.253 e. The molecular formula is C13H16ClN3O4. The highest BCUT2D eigenvalue weighted by molar-refractivity contribution is 6.18. The highest BCUT2D eigenvalue weighted by Gasteiger charge is 2.20. The lowest BCUT2D eigenvalue weighted by Gasteiger charge is -2.27. The minimum atomic E-state index is -0.843. The molecule has 0 saturated carbocycles. The molecule has 114 valence electrons. The summed E-state index contributed by atoms with van der Waals surface area (Å²) >= 11 is 5.51.